The van der Waals surface area contributed by atoms with Crippen molar-refractivity contribution in [2.24, 2.45) is 11.3 Å². The van der Waals surface area contributed by atoms with E-state index in [1.54, 1.807) is 6.07 Å². The average Bonchev–Trinajstić information content (AvgIpc) is 2.13. The molecule has 0 aliphatic rings. The van der Waals surface area contributed by atoms with Crippen LogP contribution in [0.15, 0.2) is 22.7 Å². The average molecular weight is 320 g/mol. The Hall–Kier alpha value is -0.540. The molecule has 1 aromatic rings. The highest BCUT2D eigenvalue weighted by Gasteiger charge is 2.31. The highest BCUT2D eigenvalue weighted by Crippen LogP contribution is 2.32. The molecule has 0 aliphatic carbocycles. The van der Waals surface area contributed by atoms with Gasteiger partial charge >= 0.3 is 5.97 Å². The third-order valence-electron chi connectivity index (χ3n) is 2.78. The van der Waals surface area contributed by atoms with E-state index in [-0.39, 0.29) is 5.41 Å². The molecular formula is C13H16BrClO2. The Morgan fingerprint density at radius 2 is 2.06 bits per heavy atom. The van der Waals surface area contributed by atoms with Crippen molar-refractivity contribution in [1.82, 2.24) is 0 Å². The maximum Gasteiger partial charge on any atom is 0.307 e. The van der Waals surface area contributed by atoms with Crippen molar-refractivity contribution < 1.29 is 9.90 Å². The molecule has 0 saturated heterocycles. The lowest BCUT2D eigenvalue weighted by atomic mass is 9.77. The van der Waals surface area contributed by atoms with Gasteiger partial charge in [-0.1, -0.05) is 54.4 Å². The van der Waals surface area contributed by atoms with Gasteiger partial charge in [-0.2, -0.15) is 0 Å². The van der Waals surface area contributed by atoms with E-state index in [4.69, 9.17) is 11.6 Å². The van der Waals surface area contributed by atoms with Gasteiger partial charge in [-0.05, 0) is 29.5 Å². The molecule has 2 nitrogen and oxygen atoms in total. The Morgan fingerprint density at radius 1 is 1.47 bits per heavy atom. The van der Waals surface area contributed by atoms with Gasteiger partial charge in [0.2, 0.25) is 0 Å². The van der Waals surface area contributed by atoms with E-state index in [2.05, 4.69) is 15.9 Å². The summed E-state index contributed by atoms with van der Waals surface area (Å²) in [6.07, 6.45) is 0.449. The summed E-state index contributed by atoms with van der Waals surface area (Å²) in [5.41, 5.74) is 0.583. The third kappa shape index (κ3) is 4.00. The van der Waals surface area contributed by atoms with Crippen molar-refractivity contribution >= 4 is 33.5 Å². The summed E-state index contributed by atoms with van der Waals surface area (Å²) in [5, 5.41) is 9.87. The molecule has 94 valence electrons. The topological polar surface area (TPSA) is 37.3 Å². The molecule has 0 aromatic heterocycles. The fraction of sp³-hybridized carbons (Fsp3) is 0.462. The van der Waals surface area contributed by atoms with Gasteiger partial charge in [-0.15, -0.1) is 0 Å². The quantitative estimate of drug-likeness (QED) is 0.897. The SMILES string of the molecule is CC(C)(C)C(Cc1ccc(Br)cc1Cl)C(=O)O. The van der Waals surface area contributed by atoms with Gasteiger partial charge in [0.1, 0.15) is 0 Å². The first kappa shape index (κ1) is 14.5. The summed E-state index contributed by atoms with van der Waals surface area (Å²) in [4.78, 5) is 11.3. The zero-order valence-corrected chi connectivity index (χ0v) is 12.5. The summed E-state index contributed by atoms with van der Waals surface area (Å²) >= 11 is 9.44. The predicted molar refractivity (Wildman–Crippen MR) is 73.4 cm³/mol. The lowest BCUT2D eigenvalue weighted by molar-refractivity contribution is -0.145. The van der Waals surface area contributed by atoms with Crippen LogP contribution in [0.25, 0.3) is 0 Å². The smallest absolute Gasteiger partial charge is 0.307 e. The highest BCUT2D eigenvalue weighted by atomic mass is 79.9. The van der Waals surface area contributed by atoms with Crippen LogP contribution in [0.3, 0.4) is 0 Å². The van der Waals surface area contributed by atoms with E-state index in [9.17, 15) is 9.90 Å². The molecule has 1 N–H and O–H groups in total. The van der Waals surface area contributed by atoms with Crippen LogP contribution >= 0.6 is 27.5 Å². The van der Waals surface area contributed by atoms with Gasteiger partial charge in [0.05, 0.1) is 5.92 Å². The molecule has 0 amide bonds. The Morgan fingerprint density at radius 3 is 2.47 bits per heavy atom. The number of benzene rings is 1. The van der Waals surface area contributed by atoms with Crippen molar-refractivity contribution in [3.8, 4) is 0 Å². The zero-order valence-electron chi connectivity index (χ0n) is 10.1. The largest absolute Gasteiger partial charge is 0.481 e. The van der Waals surface area contributed by atoms with E-state index in [0.717, 1.165) is 10.0 Å². The van der Waals surface area contributed by atoms with E-state index in [0.29, 0.717) is 11.4 Å². The maximum absolute atomic E-state index is 11.3. The number of carboxylic acids is 1. The van der Waals surface area contributed by atoms with Gasteiger partial charge in [0.25, 0.3) is 0 Å². The van der Waals surface area contributed by atoms with Gasteiger partial charge in [0.15, 0.2) is 0 Å². The van der Waals surface area contributed by atoms with Crippen LogP contribution in [-0.2, 0) is 11.2 Å². The van der Waals surface area contributed by atoms with Gasteiger partial charge in [-0.3, -0.25) is 4.79 Å². The Balaban J connectivity index is 2.98. The molecule has 0 bridgehead atoms. The molecule has 0 spiro atoms. The number of halogens is 2. The second kappa shape index (κ2) is 5.40. The van der Waals surface area contributed by atoms with Crippen LogP contribution in [-0.4, -0.2) is 11.1 Å². The molecule has 17 heavy (non-hydrogen) atoms. The third-order valence-corrected chi connectivity index (χ3v) is 3.63. The molecule has 1 rings (SSSR count). The van der Waals surface area contributed by atoms with E-state index in [1.165, 1.54) is 0 Å². The van der Waals surface area contributed by atoms with Crippen molar-refractivity contribution in [1.29, 1.82) is 0 Å². The molecule has 0 aliphatic heterocycles. The van der Waals surface area contributed by atoms with Crippen molar-refractivity contribution in [2.45, 2.75) is 27.2 Å². The first-order valence-electron chi connectivity index (χ1n) is 5.38. The van der Waals surface area contributed by atoms with E-state index < -0.39 is 11.9 Å². The van der Waals surface area contributed by atoms with Gasteiger partial charge < -0.3 is 5.11 Å². The summed E-state index contributed by atoms with van der Waals surface area (Å²) in [6, 6.07) is 5.54. The predicted octanol–water partition coefficient (Wildman–Crippen LogP) is 4.39. The number of rotatable bonds is 3. The number of hydrogen-bond acceptors (Lipinski definition) is 1. The number of carbonyl (C=O) groups is 1. The maximum atomic E-state index is 11.3. The summed E-state index contributed by atoms with van der Waals surface area (Å²) in [6.45, 7) is 5.79. The highest BCUT2D eigenvalue weighted by molar-refractivity contribution is 9.10. The molecular weight excluding hydrogens is 303 g/mol. The Kier molecular flexibility index (Phi) is 4.62. The zero-order chi connectivity index (χ0) is 13.2. The van der Waals surface area contributed by atoms with Crippen LogP contribution in [0.5, 0.6) is 0 Å². The van der Waals surface area contributed by atoms with E-state index >= 15 is 0 Å². The van der Waals surface area contributed by atoms with Crippen molar-refractivity contribution in [3.05, 3.63) is 33.3 Å². The summed E-state index contributed by atoms with van der Waals surface area (Å²) in [7, 11) is 0. The Bertz CT molecular complexity index is 424. The van der Waals surface area contributed by atoms with Crippen LogP contribution in [0, 0.1) is 11.3 Å². The van der Waals surface area contributed by atoms with Gasteiger partial charge in [0, 0.05) is 9.50 Å². The standard InChI is InChI=1S/C13H16BrClO2/c1-13(2,3)10(12(16)17)6-8-4-5-9(14)7-11(8)15/h4-5,7,10H,6H2,1-3H3,(H,16,17). The van der Waals surface area contributed by atoms with Crippen molar-refractivity contribution in [2.75, 3.05) is 0 Å². The normalized spacial score (nSPS) is 13.5. The monoisotopic (exact) mass is 318 g/mol. The minimum absolute atomic E-state index is 0.289. The molecule has 4 heteroatoms. The fourth-order valence-corrected chi connectivity index (χ4v) is 2.42. The first-order chi connectivity index (χ1) is 7.71. The lowest BCUT2D eigenvalue weighted by Gasteiger charge is -2.27. The number of hydrogen-bond donors (Lipinski definition) is 1. The molecule has 0 radical (unpaired) electrons. The van der Waals surface area contributed by atoms with Gasteiger partial charge in [-0.25, -0.2) is 0 Å². The second-order valence-electron chi connectivity index (χ2n) is 5.20. The van der Waals surface area contributed by atoms with Crippen LogP contribution in [0.1, 0.15) is 26.3 Å². The molecule has 1 atom stereocenters. The lowest BCUT2D eigenvalue weighted by Crippen LogP contribution is -2.30. The van der Waals surface area contributed by atoms with Crippen LogP contribution in [0.4, 0.5) is 0 Å². The summed E-state index contributed by atoms with van der Waals surface area (Å²) < 4.78 is 0.897. The van der Waals surface area contributed by atoms with Crippen LogP contribution < -0.4 is 0 Å². The van der Waals surface area contributed by atoms with Crippen molar-refractivity contribution in [3.63, 3.8) is 0 Å². The molecule has 1 unspecified atom stereocenters. The molecule has 0 saturated carbocycles. The number of carboxylic acid groups (broad SMARTS) is 1. The molecule has 0 heterocycles. The Labute approximate surface area is 115 Å². The molecule has 1 aromatic carbocycles. The first-order valence-corrected chi connectivity index (χ1v) is 6.55. The number of aliphatic carboxylic acids is 1. The van der Waals surface area contributed by atoms with Crippen LogP contribution in [0.2, 0.25) is 5.02 Å². The van der Waals surface area contributed by atoms with E-state index in [1.807, 2.05) is 32.9 Å². The minimum Gasteiger partial charge on any atom is -0.481 e. The summed E-state index contributed by atoms with van der Waals surface area (Å²) in [5.74, 6) is -1.22. The molecule has 0 fully saturated rings. The minimum atomic E-state index is -0.781. The second-order valence-corrected chi connectivity index (χ2v) is 6.52. The fourth-order valence-electron chi connectivity index (χ4n) is 1.67.